The van der Waals surface area contributed by atoms with E-state index in [9.17, 15) is 9.90 Å². The minimum absolute atomic E-state index is 0.207. The van der Waals surface area contributed by atoms with Crippen LogP contribution in [0, 0.1) is 6.92 Å². The number of aryl methyl sites for hydroxylation is 1. The smallest absolute Gasteiger partial charge is 0.255 e. The zero-order valence-electron chi connectivity index (χ0n) is 24.2. The van der Waals surface area contributed by atoms with Crippen LogP contribution in [0.3, 0.4) is 0 Å². The largest absolute Gasteiger partial charge is 0.497 e. The fourth-order valence-corrected chi connectivity index (χ4v) is 6.67. The summed E-state index contributed by atoms with van der Waals surface area (Å²) in [4.78, 5) is 22.3. The van der Waals surface area contributed by atoms with Crippen LogP contribution < -0.4 is 24.5 Å². The van der Waals surface area contributed by atoms with Gasteiger partial charge < -0.3 is 29.0 Å². The minimum Gasteiger partial charge on any atom is -0.497 e. The fourth-order valence-electron chi connectivity index (χ4n) is 6.67. The van der Waals surface area contributed by atoms with Gasteiger partial charge in [-0.3, -0.25) is 4.79 Å². The highest BCUT2D eigenvalue weighted by Gasteiger charge is 2.73. The van der Waals surface area contributed by atoms with Crippen molar-refractivity contribution in [3.63, 3.8) is 0 Å². The third-order valence-corrected chi connectivity index (χ3v) is 8.64. The first kappa shape index (κ1) is 26.8. The predicted octanol–water partition coefficient (Wildman–Crippen LogP) is 5.44. The zero-order valence-corrected chi connectivity index (χ0v) is 24.2. The van der Waals surface area contributed by atoms with Crippen LogP contribution in [0.1, 0.15) is 39.4 Å². The van der Waals surface area contributed by atoms with Crippen molar-refractivity contribution in [1.29, 1.82) is 0 Å². The van der Waals surface area contributed by atoms with Crippen LogP contribution >= 0.6 is 0 Å². The Hall–Kier alpha value is -5.08. The fraction of sp³-hybridized carbons (Fsp3) is 0.200. The molecule has 2 aliphatic rings. The first-order valence-corrected chi connectivity index (χ1v) is 13.9. The van der Waals surface area contributed by atoms with Gasteiger partial charge in [0.25, 0.3) is 5.56 Å². The van der Waals surface area contributed by atoms with E-state index < -0.39 is 17.1 Å². The van der Waals surface area contributed by atoms with E-state index in [0.717, 1.165) is 11.1 Å². The van der Waals surface area contributed by atoms with Crippen LogP contribution in [0.25, 0.3) is 11.4 Å². The standard InChI is InChI=1S/C35H30N2O6/c1-20-10-12-22(13-11-20)32-36-31-28(33(38)37-32)29(21-8-6-5-7-9-21)35(23-14-16-24(40-2)17-15-23)34(31,39)30-26(42-4)18-25(41-3)19-27(30)43-35/h5-19,29,39H,1-4H3,(H,36,37,38)/t29-,34+,35+/m1/s1. The normalized spacial score (nSPS) is 21.4. The van der Waals surface area contributed by atoms with Crippen molar-refractivity contribution in [2.24, 2.45) is 0 Å². The number of ether oxygens (including phenoxy) is 4. The number of aromatic nitrogens is 2. The lowest BCUT2D eigenvalue weighted by Gasteiger charge is -2.40. The van der Waals surface area contributed by atoms with Gasteiger partial charge in [0.05, 0.1) is 44.1 Å². The second-order valence-corrected chi connectivity index (χ2v) is 10.9. The monoisotopic (exact) mass is 574 g/mol. The molecule has 7 rings (SSSR count). The van der Waals surface area contributed by atoms with E-state index in [1.54, 1.807) is 26.4 Å². The average Bonchev–Trinajstić information content (AvgIpc) is 3.44. The van der Waals surface area contributed by atoms with E-state index in [1.807, 2.05) is 85.8 Å². The summed E-state index contributed by atoms with van der Waals surface area (Å²) < 4.78 is 23.9. The van der Waals surface area contributed by atoms with Crippen molar-refractivity contribution >= 4 is 0 Å². The number of nitrogens with zero attached hydrogens (tertiary/aromatic N) is 1. The van der Waals surface area contributed by atoms with Gasteiger partial charge in [-0.15, -0.1) is 0 Å². The van der Waals surface area contributed by atoms with E-state index >= 15 is 0 Å². The van der Waals surface area contributed by atoms with E-state index in [2.05, 4.69) is 4.98 Å². The summed E-state index contributed by atoms with van der Waals surface area (Å²) in [5, 5.41) is 13.4. The van der Waals surface area contributed by atoms with Crippen molar-refractivity contribution < 1.29 is 24.1 Å². The molecular weight excluding hydrogens is 544 g/mol. The lowest BCUT2D eigenvalue weighted by Crippen LogP contribution is -2.49. The van der Waals surface area contributed by atoms with Gasteiger partial charge in [-0.25, -0.2) is 4.98 Å². The number of aliphatic hydroxyl groups is 1. The number of aromatic amines is 1. The number of fused-ring (bicyclic) bond motifs is 5. The molecule has 216 valence electrons. The lowest BCUT2D eigenvalue weighted by atomic mass is 9.70. The summed E-state index contributed by atoms with van der Waals surface area (Å²) in [6.45, 7) is 1.99. The molecule has 0 radical (unpaired) electrons. The van der Waals surface area contributed by atoms with Gasteiger partial charge in [0, 0.05) is 23.3 Å². The Morgan fingerprint density at radius 2 is 1.56 bits per heavy atom. The Morgan fingerprint density at radius 3 is 2.21 bits per heavy atom. The Bertz CT molecular complexity index is 1900. The Balaban J connectivity index is 1.63. The van der Waals surface area contributed by atoms with Gasteiger partial charge in [0.1, 0.15) is 28.8 Å². The molecule has 0 saturated heterocycles. The molecule has 2 N–H and O–H groups in total. The summed E-state index contributed by atoms with van der Waals surface area (Å²) in [5.74, 6) is 1.46. The highest BCUT2D eigenvalue weighted by molar-refractivity contribution is 5.69. The minimum atomic E-state index is -1.95. The Labute approximate surface area is 248 Å². The quantitative estimate of drug-likeness (QED) is 0.278. The first-order chi connectivity index (χ1) is 20.8. The predicted molar refractivity (Wildman–Crippen MR) is 161 cm³/mol. The lowest BCUT2D eigenvalue weighted by molar-refractivity contribution is -0.0909. The molecule has 4 aromatic carbocycles. The van der Waals surface area contributed by atoms with Crippen molar-refractivity contribution in [2.75, 3.05) is 21.3 Å². The third-order valence-electron chi connectivity index (χ3n) is 8.64. The molecule has 0 fully saturated rings. The first-order valence-electron chi connectivity index (χ1n) is 13.9. The number of hydrogen-bond acceptors (Lipinski definition) is 7. The number of H-pyrrole nitrogens is 1. The summed E-state index contributed by atoms with van der Waals surface area (Å²) in [6, 6.07) is 28.1. The van der Waals surface area contributed by atoms with Crippen LogP contribution in [0.5, 0.6) is 23.0 Å². The molecule has 0 amide bonds. The SMILES string of the molecule is COc1ccc([C@@]23Oc4cc(OC)cc(OC)c4[C@]2(O)c2nc(-c4ccc(C)cc4)[nH]c(=O)c2[C@H]3c2ccccc2)cc1. The van der Waals surface area contributed by atoms with Crippen molar-refractivity contribution in [2.45, 2.75) is 24.0 Å². The molecule has 1 aromatic heterocycles. The molecule has 2 heterocycles. The molecule has 5 aromatic rings. The molecule has 0 bridgehead atoms. The average molecular weight is 575 g/mol. The summed E-state index contributed by atoms with van der Waals surface area (Å²) in [5.41, 5.74) is 0.262. The molecule has 3 atom stereocenters. The van der Waals surface area contributed by atoms with Crippen LogP contribution in [-0.4, -0.2) is 36.4 Å². The molecular formula is C35H30N2O6. The van der Waals surface area contributed by atoms with Crippen LogP contribution in [0.15, 0.2) is 95.8 Å². The summed E-state index contributed by atoms with van der Waals surface area (Å²) in [6.07, 6.45) is 0. The van der Waals surface area contributed by atoms with Crippen molar-refractivity contribution in [1.82, 2.24) is 9.97 Å². The number of methoxy groups -OCH3 is 3. The molecule has 0 unspecified atom stereocenters. The van der Waals surface area contributed by atoms with E-state index in [0.29, 0.717) is 51.1 Å². The number of hydrogen-bond donors (Lipinski definition) is 2. The molecule has 8 nitrogen and oxygen atoms in total. The number of benzene rings is 4. The topological polar surface area (TPSA) is 103 Å². The molecule has 0 spiro atoms. The molecule has 43 heavy (non-hydrogen) atoms. The van der Waals surface area contributed by atoms with Crippen LogP contribution in [0.2, 0.25) is 0 Å². The number of rotatable bonds is 6. The third kappa shape index (κ3) is 3.66. The second kappa shape index (κ2) is 9.74. The highest BCUT2D eigenvalue weighted by atomic mass is 16.5. The highest BCUT2D eigenvalue weighted by Crippen LogP contribution is 2.69. The molecule has 8 heteroatoms. The maximum Gasteiger partial charge on any atom is 0.255 e. The Kier molecular flexibility index (Phi) is 6.07. The van der Waals surface area contributed by atoms with E-state index in [-0.39, 0.29) is 11.3 Å². The molecule has 0 saturated carbocycles. The second-order valence-electron chi connectivity index (χ2n) is 10.9. The van der Waals surface area contributed by atoms with Crippen LogP contribution in [0.4, 0.5) is 0 Å². The zero-order chi connectivity index (χ0) is 29.9. The maximum atomic E-state index is 14.2. The summed E-state index contributed by atoms with van der Waals surface area (Å²) in [7, 11) is 4.68. The Morgan fingerprint density at radius 1 is 0.860 bits per heavy atom. The summed E-state index contributed by atoms with van der Waals surface area (Å²) >= 11 is 0. The number of nitrogens with one attached hydrogen (secondary N) is 1. The maximum absolute atomic E-state index is 14.2. The van der Waals surface area contributed by atoms with Gasteiger partial charge in [0.2, 0.25) is 0 Å². The molecule has 1 aliphatic heterocycles. The van der Waals surface area contributed by atoms with Gasteiger partial charge >= 0.3 is 0 Å². The van der Waals surface area contributed by atoms with Gasteiger partial charge in [-0.2, -0.15) is 0 Å². The van der Waals surface area contributed by atoms with E-state index in [4.69, 9.17) is 23.9 Å². The van der Waals surface area contributed by atoms with Gasteiger partial charge in [-0.05, 0) is 24.6 Å². The van der Waals surface area contributed by atoms with Crippen LogP contribution in [-0.2, 0) is 11.2 Å². The van der Waals surface area contributed by atoms with E-state index in [1.165, 1.54) is 7.11 Å². The van der Waals surface area contributed by atoms with Crippen molar-refractivity contribution in [3.05, 3.63) is 135 Å². The van der Waals surface area contributed by atoms with Gasteiger partial charge in [-0.1, -0.05) is 72.3 Å². The molecule has 1 aliphatic carbocycles. The van der Waals surface area contributed by atoms with Gasteiger partial charge in [0.15, 0.2) is 11.2 Å². The van der Waals surface area contributed by atoms with Crippen molar-refractivity contribution in [3.8, 4) is 34.4 Å².